The molecule has 1 N–H and O–H groups in total. The molecular weight excluding hydrogens is 386 g/mol. The average molecular weight is 418 g/mol. The lowest BCUT2D eigenvalue weighted by Crippen LogP contribution is -2.36. The Hall–Kier alpha value is -3.13. The largest absolute Gasteiger partial charge is 0.349 e. The van der Waals surface area contributed by atoms with Gasteiger partial charge in [0.15, 0.2) is 0 Å². The molecule has 0 aliphatic heterocycles. The number of para-hydroxylation sites is 1. The number of hydrogen-bond donors (Lipinski definition) is 1. The molecule has 0 spiro atoms. The van der Waals surface area contributed by atoms with Gasteiger partial charge in [-0.05, 0) is 36.5 Å². The molecule has 1 fully saturated rings. The first kappa shape index (κ1) is 22.6. The summed E-state index contributed by atoms with van der Waals surface area (Å²) >= 11 is 0. The van der Waals surface area contributed by atoms with Crippen molar-refractivity contribution in [3.05, 3.63) is 66.2 Å². The summed E-state index contributed by atoms with van der Waals surface area (Å²) in [5.41, 5.74) is 1.89. The van der Waals surface area contributed by atoms with Crippen molar-refractivity contribution >= 4 is 17.5 Å². The van der Waals surface area contributed by atoms with Gasteiger partial charge in [0, 0.05) is 25.1 Å². The fourth-order valence-corrected chi connectivity index (χ4v) is 4.37. The van der Waals surface area contributed by atoms with E-state index in [9.17, 15) is 9.59 Å². The molecule has 1 aliphatic carbocycles. The Labute approximate surface area is 185 Å². The van der Waals surface area contributed by atoms with Gasteiger partial charge in [-0.1, -0.05) is 67.8 Å². The fraction of sp³-hybridized carbons (Fsp3) is 0.423. The summed E-state index contributed by atoms with van der Waals surface area (Å²) in [4.78, 5) is 27.3. The third-order valence-electron chi connectivity index (χ3n) is 5.98. The van der Waals surface area contributed by atoms with E-state index >= 15 is 0 Å². The summed E-state index contributed by atoms with van der Waals surface area (Å²) in [5.74, 6) is 0.207. The third-order valence-corrected chi connectivity index (χ3v) is 5.98. The van der Waals surface area contributed by atoms with Crippen LogP contribution in [-0.2, 0) is 9.59 Å². The number of carbonyl (C=O) groups is 2. The molecule has 2 aromatic rings. The standard InChI is InChI=1S/C26H31N3O2/c27-19-10-20-29(23-15-8-3-9-16-23)25(31)18-17-24(30)28-26(21-11-4-1-5-12-21)22-13-6-2-7-14-22/h1,3-5,8-9,11-12,15-16,22,26H,2,6-7,10,13-14,17-18,20H2,(H,28,30). The van der Waals surface area contributed by atoms with Crippen molar-refractivity contribution in [2.45, 2.75) is 57.4 Å². The maximum Gasteiger partial charge on any atom is 0.227 e. The minimum absolute atomic E-state index is 0.00656. The lowest BCUT2D eigenvalue weighted by Gasteiger charge is -2.31. The van der Waals surface area contributed by atoms with Crippen LogP contribution >= 0.6 is 0 Å². The van der Waals surface area contributed by atoms with E-state index in [0.29, 0.717) is 12.5 Å². The van der Waals surface area contributed by atoms with Crippen molar-refractivity contribution in [2.75, 3.05) is 11.4 Å². The van der Waals surface area contributed by atoms with Gasteiger partial charge in [0.25, 0.3) is 0 Å². The quantitative estimate of drug-likeness (QED) is 0.613. The Morgan fingerprint density at radius 1 is 0.968 bits per heavy atom. The first-order valence-electron chi connectivity index (χ1n) is 11.3. The average Bonchev–Trinajstić information content (AvgIpc) is 2.83. The maximum absolute atomic E-state index is 12.8. The topological polar surface area (TPSA) is 73.2 Å². The van der Waals surface area contributed by atoms with Gasteiger partial charge >= 0.3 is 0 Å². The summed E-state index contributed by atoms with van der Waals surface area (Å²) in [6.07, 6.45) is 6.43. The SMILES string of the molecule is N#CCCN(C(=O)CCC(=O)NC(c1ccccc1)C1CCCCC1)c1ccccc1. The molecule has 0 radical (unpaired) electrons. The predicted molar refractivity (Wildman–Crippen MR) is 122 cm³/mol. The minimum atomic E-state index is -0.134. The van der Waals surface area contributed by atoms with E-state index in [-0.39, 0.29) is 37.1 Å². The van der Waals surface area contributed by atoms with Gasteiger partial charge in [-0.3, -0.25) is 9.59 Å². The number of nitrogens with one attached hydrogen (secondary N) is 1. The van der Waals surface area contributed by atoms with Gasteiger partial charge in [0.2, 0.25) is 11.8 Å². The molecule has 0 bridgehead atoms. The molecule has 31 heavy (non-hydrogen) atoms. The summed E-state index contributed by atoms with van der Waals surface area (Å²) in [6, 6.07) is 21.6. The molecule has 162 valence electrons. The minimum Gasteiger partial charge on any atom is -0.349 e. The van der Waals surface area contributed by atoms with Gasteiger partial charge in [0.1, 0.15) is 0 Å². The van der Waals surface area contributed by atoms with E-state index in [1.165, 1.54) is 19.3 Å². The van der Waals surface area contributed by atoms with Crippen LogP contribution in [0.4, 0.5) is 5.69 Å². The van der Waals surface area contributed by atoms with E-state index in [1.54, 1.807) is 4.90 Å². The normalized spacial score (nSPS) is 14.9. The maximum atomic E-state index is 12.8. The smallest absolute Gasteiger partial charge is 0.227 e. The van der Waals surface area contributed by atoms with Crippen molar-refractivity contribution in [2.24, 2.45) is 5.92 Å². The first-order valence-corrected chi connectivity index (χ1v) is 11.3. The van der Waals surface area contributed by atoms with Crippen molar-refractivity contribution < 1.29 is 9.59 Å². The Bertz CT molecular complexity index is 871. The second-order valence-electron chi connectivity index (χ2n) is 8.14. The zero-order valence-corrected chi connectivity index (χ0v) is 18.0. The van der Waals surface area contributed by atoms with Gasteiger partial charge in [-0.25, -0.2) is 0 Å². The van der Waals surface area contributed by atoms with Gasteiger partial charge < -0.3 is 10.2 Å². The number of benzene rings is 2. The van der Waals surface area contributed by atoms with Crippen LogP contribution < -0.4 is 10.2 Å². The Balaban J connectivity index is 1.62. The van der Waals surface area contributed by atoms with Crippen LogP contribution in [0.25, 0.3) is 0 Å². The molecule has 0 saturated heterocycles. The zero-order valence-electron chi connectivity index (χ0n) is 18.0. The Morgan fingerprint density at radius 2 is 1.61 bits per heavy atom. The zero-order chi connectivity index (χ0) is 21.9. The second kappa shape index (κ2) is 11.9. The molecular formula is C26H31N3O2. The van der Waals surface area contributed by atoms with Crippen LogP contribution in [0.15, 0.2) is 60.7 Å². The number of amides is 2. The number of hydrogen-bond acceptors (Lipinski definition) is 3. The second-order valence-corrected chi connectivity index (χ2v) is 8.14. The lowest BCUT2D eigenvalue weighted by atomic mass is 9.81. The lowest BCUT2D eigenvalue weighted by molar-refractivity contribution is -0.126. The van der Waals surface area contributed by atoms with Crippen molar-refractivity contribution in [3.8, 4) is 6.07 Å². The van der Waals surface area contributed by atoms with Gasteiger partial charge in [0.05, 0.1) is 18.5 Å². The molecule has 5 nitrogen and oxygen atoms in total. The highest BCUT2D eigenvalue weighted by molar-refractivity contribution is 5.95. The number of anilines is 1. The van der Waals surface area contributed by atoms with Crippen molar-refractivity contribution in [1.82, 2.24) is 5.32 Å². The summed E-state index contributed by atoms with van der Waals surface area (Å²) < 4.78 is 0. The summed E-state index contributed by atoms with van der Waals surface area (Å²) in [7, 11) is 0. The number of nitriles is 1. The number of carbonyl (C=O) groups excluding carboxylic acids is 2. The molecule has 3 rings (SSSR count). The molecule has 1 unspecified atom stereocenters. The monoisotopic (exact) mass is 417 g/mol. The van der Waals surface area contributed by atoms with Crippen molar-refractivity contribution in [1.29, 1.82) is 5.26 Å². The molecule has 5 heteroatoms. The van der Waals surface area contributed by atoms with Crippen LogP contribution in [0.3, 0.4) is 0 Å². The number of nitrogens with zero attached hydrogens (tertiary/aromatic N) is 2. The van der Waals surface area contributed by atoms with Crippen LogP contribution in [0, 0.1) is 17.2 Å². The molecule has 1 atom stereocenters. The van der Waals surface area contributed by atoms with Crippen LogP contribution in [0.2, 0.25) is 0 Å². The van der Waals surface area contributed by atoms with E-state index in [2.05, 4.69) is 23.5 Å². The Morgan fingerprint density at radius 3 is 2.26 bits per heavy atom. The predicted octanol–water partition coefficient (Wildman–Crippen LogP) is 5.15. The van der Waals surface area contributed by atoms with E-state index < -0.39 is 0 Å². The van der Waals surface area contributed by atoms with Crippen LogP contribution in [0.5, 0.6) is 0 Å². The van der Waals surface area contributed by atoms with E-state index in [0.717, 1.165) is 24.1 Å². The Kier molecular flexibility index (Phi) is 8.66. The summed E-state index contributed by atoms with van der Waals surface area (Å²) in [6.45, 7) is 0.329. The van der Waals surface area contributed by atoms with Gasteiger partial charge in [-0.15, -0.1) is 0 Å². The third kappa shape index (κ3) is 6.68. The van der Waals surface area contributed by atoms with E-state index in [4.69, 9.17) is 5.26 Å². The molecule has 0 aromatic heterocycles. The summed E-state index contributed by atoms with van der Waals surface area (Å²) in [5, 5.41) is 12.2. The van der Waals surface area contributed by atoms with Crippen molar-refractivity contribution in [3.63, 3.8) is 0 Å². The number of rotatable bonds is 9. The van der Waals surface area contributed by atoms with Crippen LogP contribution in [0.1, 0.15) is 63.0 Å². The molecule has 2 aromatic carbocycles. The highest BCUT2D eigenvalue weighted by Crippen LogP contribution is 2.34. The van der Waals surface area contributed by atoms with Gasteiger partial charge in [-0.2, -0.15) is 5.26 Å². The molecule has 1 aliphatic rings. The highest BCUT2D eigenvalue weighted by Gasteiger charge is 2.27. The first-order chi connectivity index (χ1) is 15.2. The highest BCUT2D eigenvalue weighted by atomic mass is 16.2. The molecule has 1 saturated carbocycles. The van der Waals surface area contributed by atoms with E-state index in [1.807, 2.05) is 48.5 Å². The van der Waals surface area contributed by atoms with Crippen LogP contribution in [-0.4, -0.2) is 18.4 Å². The molecule has 2 amide bonds. The molecule has 0 heterocycles. The fourth-order valence-electron chi connectivity index (χ4n) is 4.37.